The van der Waals surface area contributed by atoms with Crippen molar-refractivity contribution in [1.82, 2.24) is 4.98 Å². The fourth-order valence-corrected chi connectivity index (χ4v) is 1.78. The molecule has 0 saturated heterocycles. The van der Waals surface area contributed by atoms with Crippen LogP contribution in [0.5, 0.6) is 0 Å². The van der Waals surface area contributed by atoms with Gasteiger partial charge in [-0.05, 0) is 20.3 Å². The van der Waals surface area contributed by atoms with Crippen molar-refractivity contribution in [2.45, 2.75) is 39.2 Å². The molecule has 3 nitrogen and oxygen atoms in total. The molecule has 0 radical (unpaired) electrons. The van der Waals surface area contributed by atoms with Crippen molar-refractivity contribution in [3.8, 4) is 0 Å². The molecule has 0 fully saturated rings. The summed E-state index contributed by atoms with van der Waals surface area (Å²) in [5.74, 6) is 0.229. The summed E-state index contributed by atoms with van der Waals surface area (Å²) in [5.41, 5.74) is 6.46. The zero-order chi connectivity index (χ0) is 10.6. The van der Waals surface area contributed by atoms with Gasteiger partial charge in [-0.3, -0.25) is 4.79 Å². The van der Waals surface area contributed by atoms with Crippen LogP contribution >= 0.6 is 11.3 Å². The van der Waals surface area contributed by atoms with E-state index in [1.807, 2.05) is 19.2 Å². The van der Waals surface area contributed by atoms with Crippen LogP contribution in [0.4, 0.5) is 0 Å². The van der Waals surface area contributed by atoms with Crippen LogP contribution in [-0.4, -0.2) is 16.8 Å². The molecule has 1 unspecified atom stereocenters. The highest BCUT2D eigenvalue weighted by Crippen LogP contribution is 2.10. The summed E-state index contributed by atoms with van der Waals surface area (Å²) in [6.07, 6.45) is 1.78. The maximum Gasteiger partial charge on any atom is 0.138 e. The maximum absolute atomic E-state index is 11.4. The predicted molar refractivity (Wildman–Crippen MR) is 58.4 cm³/mol. The molecule has 2 N–H and O–H groups in total. The zero-order valence-electron chi connectivity index (χ0n) is 8.62. The number of hydrogen-bond donors (Lipinski definition) is 1. The highest BCUT2D eigenvalue weighted by molar-refractivity contribution is 7.09. The molecule has 1 rings (SSSR count). The molecule has 1 aromatic rings. The summed E-state index contributed by atoms with van der Waals surface area (Å²) >= 11 is 1.58. The minimum Gasteiger partial charge on any atom is -0.328 e. The van der Waals surface area contributed by atoms with Crippen LogP contribution in [0.2, 0.25) is 0 Å². The molecule has 14 heavy (non-hydrogen) atoms. The first-order valence-corrected chi connectivity index (χ1v) is 5.64. The number of carbonyl (C=O) groups is 1. The van der Waals surface area contributed by atoms with Gasteiger partial charge in [0.25, 0.3) is 0 Å². The topological polar surface area (TPSA) is 56.0 Å². The molecule has 0 spiro atoms. The van der Waals surface area contributed by atoms with Crippen molar-refractivity contribution in [2.75, 3.05) is 0 Å². The number of hydrogen-bond acceptors (Lipinski definition) is 4. The molecule has 78 valence electrons. The van der Waals surface area contributed by atoms with Gasteiger partial charge in [-0.2, -0.15) is 0 Å². The van der Waals surface area contributed by atoms with Crippen LogP contribution in [0.15, 0.2) is 5.38 Å². The lowest BCUT2D eigenvalue weighted by atomic mass is 10.1. The Morgan fingerprint density at radius 3 is 2.93 bits per heavy atom. The molecule has 0 aliphatic carbocycles. The van der Waals surface area contributed by atoms with Gasteiger partial charge in [0.1, 0.15) is 5.78 Å². The smallest absolute Gasteiger partial charge is 0.138 e. The quantitative estimate of drug-likeness (QED) is 0.808. The van der Waals surface area contributed by atoms with Gasteiger partial charge < -0.3 is 5.73 Å². The Bertz CT molecular complexity index is 307. The number of rotatable bonds is 5. The average Bonchev–Trinajstić information content (AvgIpc) is 2.48. The second-order valence-electron chi connectivity index (χ2n) is 3.59. The van der Waals surface area contributed by atoms with E-state index in [4.69, 9.17) is 5.73 Å². The van der Waals surface area contributed by atoms with E-state index in [0.717, 1.165) is 17.1 Å². The molecule has 0 amide bonds. The van der Waals surface area contributed by atoms with E-state index in [1.54, 1.807) is 11.3 Å². The molecule has 4 heteroatoms. The van der Waals surface area contributed by atoms with Crippen LogP contribution in [0.25, 0.3) is 0 Å². The van der Waals surface area contributed by atoms with E-state index in [0.29, 0.717) is 12.8 Å². The molecule has 0 bridgehead atoms. The van der Waals surface area contributed by atoms with E-state index in [9.17, 15) is 4.79 Å². The van der Waals surface area contributed by atoms with E-state index in [-0.39, 0.29) is 11.8 Å². The van der Waals surface area contributed by atoms with E-state index in [2.05, 4.69) is 4.98 Å². The van der Waals surface area contributed by atoms with Crippen LogP contribution in [0.3, 0.4) is 0 Å². The van der Waals surface area contributed by atoms with Crippen molar-refractivity contribution >= 4 is 17.1 Å². The first-order valence-electron chi connectivity index (χ1n) is 4.76. The molecule has 1 heterocycles. The van der Waals surface area contributed by atoms with Crippen molar-refractivity contribution in [1.29, 1.82) is 0 Å². The van der Waals surface area contributed by atoms with Gasteiger partial charge in [-0.1, -0.05) is 0 Å². The molecule has 0 saturated carbocycles. The molecular weight excluding hydrogens is 196 g/mol. The second kappa shape index (κ2) is 5.22. The third-order valence-electron chi connectivity index (χ3n) is 1.92. The van der Waals surface area contributed by atoms with Gasteiger partial charge in [0.2, 0.25) is 0 Å². The molecule has 1 atom stereocenters. The maximum atomic E-state index is 11.4. The Morgan fingerprint density at radius 1 is 1.71 bits per heavy atom. The lowest BCUT2D eigenvalue weighted by molar-refractivity contribution is -0.118. The minimum atomic E-state index is 0.108. The highest BCUT2D eigenvalue weighted by atomic mass is 32.1. The Morgan fingerprint density at radius 2 is 2.43 bits per heavy atom. The monoisotopic (exact) mass is 212 g/mol. The minimum absolute atomic E-state index is 0.108. The lowest BCUT2D eigenvalue weighted by Gasteiger charge is -2.02. The van der Waals surface area contributed by atoms with Gasteiger partial charge in [0.15, 0.2) is 0 Å². The normalized spacial score (nSPS) is 12.8. The number of thiazole rings is 1. The molecule has 0 aromatic carbocycles. The fraction of sp³-hybridized carbons (Fsp3) is 0.600. The third-order valence-corrected chi connectivity index (χ3v) is 2.75. The summed E-state index contributed by atoms with van der Waals surface area (Å²) in [6, 6.07) is 0.108. The summed E-state index contributed by atoms with van der Waals surface area (Å²) in [5, 5.41) is 2.96. The molecule has 0 aliphatic heterocycles. The molecular formula is C10H16N2OS. The summed E-state index contributed by atoms with van der Waals surface area (Å²) < 4.78 is 0. The standard InChI is InChI=1S/C10H16N2OS/c1-7(11)3-4-10(13)5-9-6-14-8(2)12-9/h6-7H,3-5,11H2,1-2H3. The summed E-state index contributed by atoms with van der Waals surface area (Å²) in [4.78, 5) is 15.7. The van der Waals surface area contributed by atoms with Gasteiger partial charge in [0, 0.05) is 24.3 Å². The van der Waals surface area contributed by atoms with E-state index < -0.39 is 0 Å². The van der Waals surface area contributed by atoms with Gasteiger partial charge in [-0.25, -0.2) is 4.98 Å². The first-order chi connectivity index (χ1) is 6.58. The number of nitrogens with two attached hydrogens (primary N) is 1. The Hall–Kier alpha value is -0.740. The number of nitrogens with zero attached hydrogens (tertiary/aromatic N) is 1. The summed E-state index contributed by atoms with van der Waals surface area (Å²) in [7, 11) is 0. The van der Waals surface area contributed by atoms with E-state index in [1.165, 1.54) is 0 Å². The predicted octanol–water partition coefficient (Wildman–Crippen LogP) is 1.69. The van der Waals surface area contributed by atoms with Crippen LogP contribution in [0, 0.1) is 6.92 Å². The molecule has 1 aromatic heterocycles. The fourth-order valence-electron chi connectivity index (χ4n) is 1.17. The average molecular weight is 212 g/mol. The lowest BCUT2D eigenvalue weighted by Crippen LogP contribution is -2.17. The van der Waals surface area contributed by atoms with Crippen molar-refractivity contribution in [3.05, 3.63) is 16.1 Å². The number of carbonyl (C=O) groups excluding carboxylic acids is 1. The number of aromatic nitrogens is 1. The SMILES string of the molecule is Cc1nc(CC(=O)CCC(C)N)cs1. The van der Waals surface area contributed by atoms with Crippen molar-refractivity contribution in [2.24, 2.45) is 5.73 Å². The van der Waals surface area contributed by atoms with Gasteiger partial charge >= 0.3 is 0 Å². The second-order valence-corrected chi connectivity index (χ2v) is 4.65. The number of aryl methyl sites for hydroxylation is 1. The van der Waals surface area contributed by atoms with Gasteiger partial charge in [0.05, 0.1) is 10.7 Å². The number of Topliss-reactive ketones (excluding diaryl/α,β-unsaturated/α-hetero) is 1. The first kappa shape index (κ1) is 11.3. The van der Waals surface area contributed by atoms with Crippen molar-refractivity contribution in [3.63, 3.8) is 0 Å². The van der Waals surface area contributed by atoms with Crippen LogP contribution in [0.1, 0.15) is 30.5 Å². The van der Waals surface area contributed by atoms with Gasteiger partial charge in [-0.15, -0.1) is 11.3 Å². The Balaban J connectivity index is 2.34. The number of ketones is 1. The Kier molecular flexibility index (Phi) is 4.22. The van der Waals surface area contributed by atoms with Crippen LogP contribution < -0.4 is 5.73 Å². The highest BCUT2D eigenvalue weighted by Gasteiger charge is 2.07. The third kappa shape index (κ3) is 3.98. The summed E-state index contributed by atoms with van der Waals surface area (Å²) in [6.45, 7) is 3.86. The largest absolute Gasteiger partial charge is 0.328 e. The Labute approximate surface area is 88.3 Å². The van der Waals surface area contributed by atoms with Crippen LogP contribution in [-0.2, 0) is 11.2 Å². The molecule has 0 aliphatic rings. The zero-order valence-corrected chi connectivity index (χ0v) is 9.43. The van der Waals surface area contributed by atoms with E-state index >= 15 is 0 Å². The van der Waals surface area contributed by atoms with Crippen molar-refractivity contribution < 1.29 is 4.79 Å².